The lowest BCUT2D eigenvalue weighted by Crippen LogP contribution is -2.11. The molecular formula is C11H16ClNS. The van der Waals surface area contributed by atoms with Gasteiger partial charge in [-0.05, 0) is 42.5 Å². The van der Waals surface area contributed by atoms with Crippen molar-refractivity contribution in [2.24, 2.45) is 5.73 Å². The number of rotatable bonds is 4. The van der Waals surface area contributed by atoms with Crippen molar-refractivity contribution < 1.29 is 0 Å². The average Bonchev–Trinajstić information content (AvgIpc) is 2.18. The normalized spacial score (nSPS) is 12.9. The summed E-state index contributed by atoms with van der Waals surface area (Å²) in [6.07, 6.45) is 3.09. The zero-order valence-electron chi connectivity index (χ0n) is 8.59. The van der Waals surface area contributed by atoms with Crippen LogP contribution in [0.3, 0.4) is 0 Å². The van der Waals surface area contributed by atoms with E-state index in [2.05, 4.69) is 12.3 Å². The molecule has 0 aliphatic rings. The lowest BCUT2D eigenvalue weighted by molar-refractivity contribution is 0.705. The molecule has 14 heavy (non-hydrogen) atoms. The largest absolute Gasteiger partial charge is 0.324 e. The van der Waals surface area contributed by atoms with Crippen LogP contribution in [-0.2, 0) is 0 Å². The predicted molar refractivity (Wildman–Crippen MR) is 66.1 cm³/mol. The molecule has 0 spiro atoms. The van der Waals surface area contributed by atoms with Crippen molar-refractivity contribution in [1.29, 1.82) is 0 Å². The van der Waals surface area contributed by atoms with Crippen molar-refractivity contribution in [3.63, 3.8) is 0 Å². The first-order valence-electron chi connectivity index (χ1n) is 4.65. The molecular weight excluding hydrogens is 214 g/mol. The second-order valence-corrected chi connectivity index (χ2v) is 4.79. The molecule has 0 aromatic heterocycles. The van der Waals surface area contributed by atoms with Gasteiger partial charge in [-0.2, -0.15) is 11.8 Å². The van der Waals surface area contributed by atoms with E-state index in [4.69, 9.17) is 17.3 Å². The van der Waals surface area contributed by atoms with E-state index in [-0.39, 0.29) is 6.04 Å². The van der Waals surface area contributed by atoms with E-state index in [9.17, 15) is 0 Å². The van der Waals surface area contributed by atoms with E-state index in [0.717, 1.165) is 28.3 Å². The van der Waals surface area contributed by atoms with Crippen LogP contribution >= 0.6 is 23.4 Å². The number of thioether (sulfide) groups is 1. The molecule has 0 saturated heterocycles. The number of halogens is 1. The first-order chi connectivity index (χ1) is 6.65. The SMILES string of the molecule is CSCCC(N)c1ccc(C)c(Cl)c1. The quantitative estimate of drug-likeness (QED) is 0.857. The van der Waals surface area contributed by atoms with Crippen LogP contribution in [0.25, 0.3) is 0 Å². The Hall–Kier alpha value is -0.180. The second kappa shape index (κ2) is 5.64. The lowest BCUT2D eigenvalue weighted by atomic mass is 10.0. The molecule has 1 aromatic rings. The summed E-state index contributed by atoms with van der Waals surface area (Å²) in [5, 5.41) is 0.808. The first-order valence-corrected chi connectivity index (χ1v) is 6.43. The van der Waals surface area contributed by atoms with Gasteiger partial charge in [0.15, 0.2) is 0 Å². The Morgan fingerprint density at radius 2 is 2.21 bits per heavy atom. The fraction of sp³-hybridized carbons (Fsp3) is 0.455. The van der Waals surface area contributed by atoms with E-state index in [1.165, 1.54) is 0 Å². The van der Waals surface area contributed by atoms with Gasteiger partial charge in [0, 0.05) is 11.1 Å². The number of hydrogen-bond donors (Lipinski definition) is 1. The van der Waals surface area contributed by atoms with Gasteiger partial charge in [-0.3, -0.25) is 0 Å². The van der Waals surface area contributed by atoms with Gasteiger partial charge in [0.2, 0.25) is 0 Å². The van der Waals surface area contributed by atoms with Crippen molar-refractivity contribution >= 4 is 23.4 Å². The molecule has 1 aromatic carbocycles. The highest BCUT2D eigenvalue weighted by atomic mass is 35.5. The van der Waals surface area contributed by atoms with Gasteiger partial charge in [0.1, 0.15) is 0 Å². The standard InChI is InChI=1S/C11H16ClNS/c1-8-3-4-9(7-10(8)12)11(13)5-6-14-2/h3-4,7,11H,5-6,13H2,1-2H3. The molecule has 2 N–H and O–H groups in total. The summed E-state index contributed by atoms with van der Waals surface area (Å²) >= 11 is 7.85. The van der Waals surface area contributed by atoms with Gasteiger partial charge in [-0.1, -0.05) is 23.7 Å². The molecule has 1 atom stereocenters. The third kappa shape index (κ3) is 3.19. The molecule has 0 radical (unpaired) electrons. The zero-order valence-corrected chi connectivity index (χ0v) is 10.2. The molecule has 1 nitrogen and oxygen atoms in total. The predicted octanol–water partition coefficient (Wildman–Crippen LogP) is 3.40. The third-order valence-electron chi connectivity index (χ3n) is 2.26. The fourth-order valence-electron chi connectivity index (χ4n) is 1.25. The average molecular weight is 230 g/mol. The number of nitrogens with two attached hydrogens (primary N) is 1. The minimum atomic E-state index is 0.112. The van der Waals surface area contributed by atoms with Crippen molar-refractivity contribution in [2.45, 2.75) is 19.4 Å². The van der Waals surface area contributed by atoms with Gasteiger partial charge in [-0.15, -0.1) is 0 Å². The van der Waals surface area contributed by atoms with E-state index in [1.54, 1.807) is 0 Å². The summed E-state index contributed by atoms with van der Waals surface area (Å²) in [5.41, 5.74) is 8.27. The Balaban J connectivity index is 2.70. The van der Waals surface area contributed by atoms with Crippen LogP contribution in [0.2, 0.25) is 5.02 Å². The monoisotopic (exact) mass is 229 g/mol. The topological polar surface area (TPSA) is 26.0 Å². The highest BCUT2D eigenvalue weighted by Gasteiger charge is 2.06. The van der Waals surface area contributed by atoms with E-state index in [1.807, 2.05) is 30.8 Å². The Morgan fingerprint density at radius 3 is 2.79 bits per heavy atom. The highest BCUT2D eigenvalue weighted by Crippen LogP contribution is 2.22. The van der Waals surface area contributed by atoms with Gasteiger partial charge < -0.3 is 5.73 Å². The molecule has 0 aliphatic carbocycles. The second-order valence-electron chi connectivity index (χ2n) is 3.40. The van der Waals surface area contributed by atoms with E-state index in [0.29, 0.717) is 0 Å². The van der Waals surface area contributed by atoms with Crippen LogP contribution in [0, 0.1) is 6.92 Å². The molecule has 78 valence electrons. The van der Waals surface area contributed by atoms with Crippen molar-refractivity contribution in [3.8, 4) is 0 Å². The Kier molecular flexibility index (Phi) is 4.79. The van der Waals surface area contributed by atoms with E-state index < -0.39 is 0 Å². The van der Waals surface area contributed by atoms with Crippen LogP contribution in [0.1, 0.15) is 23.6 Å². The molecule has 1 rings (SSSR count). The van der Waals surface area contributed by atoms with Crippen molar-refractivity contribution in [3.05, 3.63) is 34.3 Å². The smallest absolute Gasteiger partial charge is 0.0438 e. The van der Waals surface area contributed by atoms with Crippen molar-refractivity contribution in [2.75, 3.05) is 12.0 Å². The fourth-order valence-corrected chi connectivity index (χ4v) is 1.93. The minimum Gasteiger partial charge on any atom is -0.324 e. The van der Waals surface area contributed by atoms with Crippen LogP contribution in [0.4, 0.5) is 0 Å². The molecule has 0 heterocycles. The van der Waals surface area contributed by atoms with Gasteiger partial charge >= 0.3 is 0 Å². The molecule has 0 amide bonds. The zero-order chi connectivity index (χ0) is 10.6. The van der Waals surface area contributed by atoms with E-state index >= 15 is 0 Å². The summed E-state index contributed by atoms with van der Waals surface area (Å²) in [5.74, 6) is 1.09. The summed E-state index contributed by atoms with van der Waals surface area (Å²) in [4.78, 5) is 0. The minimum absolute atomic E-state index is 0.112. The Morgan fingerprint density at radius 1 is 1.50 bits per heavy atom. The highest BCUT2D eigenvalue weighted by molar-refractivity contribution is 7.98. The van der Waals surface area contributed by atoms with Gasteiger partial charge in [-0.25, -0.2) is 0 Å². The maximum Gasteiger partial charge on any atom is 0.0438 e. The molecule has 0 saturated carbocycles. The summed E-state index contributed by atoms with van der Waals surface area (Å²) < 4.78 is 0. The first kappa shape index (κ1) is 11.9. The third-order valence-corrected chi connectivity index (χ3v) is 3.31. The molecule has 1 unspecified atom stereocenters. The maximum absolute atomic E-state index is 6.03. The summed E-state index contributed by atoms with van der Waals surface area (Å²) in [6.45, 7) is 2.00. The molecule has 0 aliphatic heterocycles. The number of aryl methyl sites for hydroxylation is 1. The van der Waals surface area contributed by atoms with Crippen LogP contribution in [-0.4, -0.2) is 12.0 Å². The lowest BCUT2D eigenvalue weighted by Gasteiger charge is -2.12. The molecule has 3 heteroatoms. The Labute approximate surface area is 95.0 Å². The number of hydrogen-bond acceptors (Lipinski definition) is 2. The van der Waals surface area contributed by atoms with Gasteiger partial charge in [0.25, 0.3) is 0 Å². The molecule has 0 fully saturated rings. The molecule has 0 bridgehead atoms. The van der Waals surface area contributed by atoms with Gasteiger partial charge in [0.05, 0.1) is 0 Å². The summed E-state index contributed by atoms with van der Waals surface area (Å²) in [7, 11) is 0. The maximum atomic E-state index is 6.03. The van der Waals surface area contributed by atoms with Crippen LogP contribution in [0.15, 0.2) is 18.2 Å². The van der Waals surface area contributed by atoms with Crippen LogP contribution in [0.5, 0.6) is 0 Å². The van der Waals surface area contributed by atoms with Crippen LogP contribution < -0.4 is 5.73 Å². The van der Waals surface area contributed by atoms with Crippen molar-refractivity contribution in [1.82, 2.24) is 0 Å². The Bertz CT molecular complexity index is 301. The number of benzene rings is 1. The summed E-state index contributed by atoms with van der Waals surface area (Å²) in [6, 6.07) is 6.17.